The van der Waals surface area contributed by atoms with Gasteiger partial charge in [-0.2, -0.15) is 0 Å². The summed E-state index contributed by atoms with van der Waals surface area (Å²) in [7, 11) is 0. The van der Waals surface area contributed by atoms with Gasteiger partial charge in [0.2, 0.25) is 0 Å². The highest BCUT2D eigenvalue weighted by atomic mass is 16.5. The molecule has 0 atom stereocenters. The first-order valence-corrected chi connectivity index (χ1v) is 6.25. The predicted molar refractivity (Wildman–Crippen MR) is 71.0 cm³/mol. The Morgan fingerprint density at radius 3 is 2.78 bits per heavy atom. The van der Waals surface area contributed by atoms with Crippen LogP contribution >= 0.6 is 0 Å². The van der Waals surface area contributed by atoms with E-state index in [4.69, 9.17) is 4.74 Å². The van der Waals surface area contributed by atoms with E-state index in [1.54, 1.807) is 6.07 Å². The lowest BCUT2D eigenvalue weighted by atomic mass is 10.3. The standard InChI is InChI=1S/C14H18N2O2/c1-2-3-9-18-11-12-10-14(17)16(15-12)13-7-5-4-6-8-13/h4-8,10,15H,2-3,9,11H2,1H3. The van der Waals surface area contributed by atoms with Gasteiger partial charge >= 0.3 is 0 Å². The minimum Gasteiger partial charge on any atom is -0.375 e. The third-order valence-electron chi connectivity index (χ3n) is 2.69. The van der Waals surface area contributed by atoms with Crippen molar-refractivity contribution in [3.63, 3.8) is 0 Å². The molecule has 4 heteroatoms. The molecule has 0 bridgehead atoms. The molecule has 0 spiro atoms. The number of unbranched alkanes of at least 4 members (excludes halogenated alkanes) is 1. The van der Waals surface area contributed by atoms with Gasteiger partial charge in [-0.25, -0.2) is 4.68 Å². The third kappa shape index (κ3) is 3.11. The van der Waals surface area contributed by atoms with Crippen LogP contribution in [0.15, 0.2) is 41.2 Å². The Morgan fingerprint density at radius 1 is 1.28 bits per heavy atom. The Labute approximate surface area is 106 Å². The maximum absolute atomic E-state index is 11.8. The number of ether oxygens (including phenoxy) is 1. The molecule has 2 rings (SSSR count). The minimum absolute atomic E-state index is 0.0599. The van der Waals surface area contributed by atoms with E-state index in [0.29, 0.717) is 6.61 Å². The van der Waals surface area contributed by atoms with E-state index in [0.717, 1.165) is 30.8 Å². The van der Waals surface area contributed by atoms with E-state index in [2.05, 4.69) is 12.0 Å². The molecule has 1 N–H and O–H groups in total. The number of nitrogens with zero attached hydrogens (tertiary/aromatic N) is 1. The largest absolute Gasteiger partial charge is 0.375 e. The van der Waals surface area contributed by atoms with Crippen LogP contribution in [0.4, 0.5) is 0 Å². The van der Waals surface area contributed by atoms with E-state index in [9.17, 15) is 4.79 Å². The van der Waals surface area contributed by atoms with Crippen LogP contribution < -0.4 is 5.56 Å². The van der Waals surface area contributed by atoms with Crippen molar-refractivity contribution in [3.05, 3.63) is 52.4 Å². The normalized spacial score (nSPS) is 10.7. The third-order valence-corrected chi connectivity index (χ3v) is 2.69. The molecule has 0 aliphatic carbocycles. The van der Waals surface area contributed by atoms with E-state index in [1.807, 2.05) is 30.3 Å². The highest BCUT2D eigenvalue weighted by Gasteiger charge is 2.04. The summed E-state index contributed by atoms with van der Waals surface area (Å²) in [4.78, 5) is 11.8. The zero-order valence-corrected chi connectivity index (χ0v) is 10.6. The lowest BCUT2D eigenvalue weighted by Gasteiger charge is -2.02. The van der Waals surface area contributed by atoms with Crippen LogP contribution in [0.1, 0.15) is 25.5 Å². The summed E-state index contributed by atoms with van der Waals surface area (Å²) in [5.41, 5.74) is 1.58. The molecule has 0 amide bonds. The number of rotatable bonds is 6. The number of benzene rings is 1. The second-order valence-corrected chi connectivity index (χ2v) is 4.20. The van der Waals surface area contributed by atoms with Gasteiger partial charge in [0.1, 0.15) is 0 Å². The zero-order valence-electron chi connectivity index (χ0n) is 10.6. The molecular weight excluding hydrogens is 228 g/mol. The number of nitrogens with one attached hydrogen (secondary N) is 1. The fourth-order valence-electron chi connectivity index (χ4n) is 1.72. The second kappa shape index (κ2) is 6.21. The van der Waals surface area contributed by atoms with Crippen molar-refractivity contribution < 1.29 is 4.74 Å². The van der Waals surface area contributed by atoms with Crippen molar-refractivity contribution in [3.8, 4) is 5.69 Å². The smallest absolute Gasteiger partial charge is 0.271 e. The highest BCUT2D eigenvalue weighted by molar-refractivity contribution is 5.30. The van der Waals surface area contributed by atoms with Gasteiger partial charge in [-0.15, -0.1) is 0 Å². The molecule has 4 nitrogen and oxygen atoms in total. The molecule has 96 valence electrons. The van der Waals surface area contributed by atoms with Crippen LogP contribution in [0.25, 0.3) is 5.69 Å². The Balaban J connectivity index is 2.06. The number of hydrogen-bond donors (Lipinski definition) is 1. The molecule has 0 aliphatic heterocycles. The highest BCUT2D eigenvalue weighted by Crippen LogP contribution is 2.04. The maximum atomic E-state index is 11.8. The van der Waals surface area contributed by atoms with Gasteiger partial charge in [0.25, 0.3) is 5.56 Å². The van der Waals surface area contributed by atoms with Gasteiger partial charge < -0.3 is 4.74 Å². The fraction of sp³-hybridized carbons (Fsp3) is 0.357. The van der Waals surface area contributed by atoms with E-state index in [1.165, 1.54) is 4.68 Å². The summed E-state index contributed by atoms with van der Waals surface area (Å²) in [6.07, 6.45) is 2.16. The second-order valence-electron chi connectivity index (χ2n) is 4.20. The molecule has 0 fully saturated rings. The van der Waals surface area contributed by atoms with Gasteiger partial charge in [0.15, 0.2) is 0 Å². The molecule has 0 radical (unpaired) electrons. The average Bonchev–Trinajstić information content (AvgIpc) is 2.77. The van der Waals surface area contributed by atoms with Gasteiger partial charge in [-0.3, -0.25) is 9.89 Å². The topological polar surface area (TPSA) is 47.0 Å². The summed E-state index contributed by atoms with van der Waals surface area (Å²) in [5.74, 6) is 0. The van der Waals surface area contributed by atoms with Crippen molar-refractivity contribution in [2.45, 2.75) is 26.4 Å². The van der Waals surface area contributed by atoms with Crippen LogP contribution in [0, 0.1) is 0 Å². The van der Waals surface area contributed by atoms with Crippen LogP contribution in [-0.2, 0) is 11.3 Å². The Hall–Kier alpha value is -1.81. The minimum atomic E-state index is -0.0599. The van der Waals surface area contributed by atoms with Crippen LogP contribution in [0.2, 0.25) is 0 Å². The number of para-hydroxylation sites is 1. The Morgan fingerprint density at radius 2 is 2.06 bits per heavy atom. The maximum Gasteiger partial charge on any atom is 0.271 e. The van der Waals surface area contributed by atoms with E-state index in [-0.39, 0.29) is 5.56 Å². The molecule has 0 unspecified atom stereocenters. The van der Waals surface area contributed by atoms with Gasteiger partial charge in [0, 0.05) is 12.7 Å². The molecule has 0 saturated carbocycles. The van der Waals surface area contributed by atoms with Crippen molar-refractivity contribution in [1.29, 1.82) is 0 Å². The fourth-order valence-corrected chi connectivity index (χ4v) is 1.72. The summed E-state index contributed by atoms with van der Waals surface area (Å²) < 4.78 is 7.01. The van der Waals surface area contributed by atoms with Crippen molar-refractivity contribution >= 4 is 0 Å². The molecule has 1 aromatic carbocycles. The number of hydrogen-bond acceptors (Lipinski definition) is 2. The summed E-state index contributed by atoms with van der Waals surface area (Å²) in [6.45, 7) is 3.31. The zero-order chi connectivity index (χ0) is 12.8. The molecule has 18 heavy (non-hydrogen) atoms. The van der Waals surface area contributed by atoms with Crippen LogP contribution in [-0.4, -0.2) is 16.4 Å². The molecule has 2 aromatic rings. The molecule has 1 heterocycles. The van der Waals surface area contributed by atoms with E-state index < -0.39 is 0 Å². The lowest BCUT2D eigenvalue weighted by Crippen LogP contribution is -2.13. The molecule has 0 aliphatic rings. The summed E-state index contributed by atoms with van der Waals surface area (Å²) in [5, 5.41) is 3.05. The monoisotopic (exact) mass is 246 g/mol. The molecular formula is C14H18N2O2. The number of aromatic nitrogens is 2. The number of aromatic amines is 1. The van der Waals surface area contributed by atoms with Crippen molar-refractivity contribution in [2.24, 2.45) is 0 Å². The van der Waals surface area contributed by atoms with Gasteiger partial charge in [0.05, 0.1) is 18.0 Å². The lowest BCUT2D eigenvalue weighted by molar-refractivity contribution is 0.115. The predicted octanol–water partition coefficient (Wildman–Crippen LogP) is 2.48. The first-order chi connectivity index (χ1) is 8.81. The SMILES string of the molecule is CCCCOCc1cc(=O)n(-c2ccccc2)[nH]1. The summed E-state index contributed by atoms with van der Waals surface area (Å²) >= 11 is 0. The number of H-pyrrole nitrogens is 1. The quantitative estimate of drug-likeness (QED) is 0.796. The van der Waals surface area contributed by atoms with Crippen molar-refractivity contribution in [1.82, 2.24) is 9.78 Å². The van der Waals surface area contributed by atoms with Crippen molar-refractivity contribution in [2.75, 3.05) is 6.61 Å². The van der Waals surface area contributed by atoms with E-state index >= 15 is 0 Å². The first-order valence-electron chi connectivity index (χ1n) is 6.25. The van der Waals surface area contributed by atoms with Crippen LogP contribution in [0.5, 0.6) is 0 Å². The van der Waals surface area contributed by atoms with Gasteiger partial charge in [-0.05, 0) is 18.6 Å². The average molecular weight is 246 g/mol. The summed E-state index contributed by atoms with van der Waals surface area (Å²) in [6, 6.07) is 11.1. The Bertz CT molecular complexity index is 528. The van der Waals surface area contributed by atoms with Crippen LogP contribution in [0.3, 0.4) is 0 Å². The molecule has 1 aromatic heterocycles. The first kappa shape index (κ1) is 12.6. The Kier molecular flexibility index (Phi) is 4.36. The van der Waals surface area contributed by atoms with Gasteiger partial charge in [-0.1, -0.05) is 31.5 Å². The molecule has 0 saturated heterocycles.